The minimum atomic E-state index is -1.55. The Hall–Kier alpha value is -1.64. The number of H-pyrrole nitrogens is 1. The van der Waals surface area contributed by atoms with Crippen LogP contribution in [-0.4, -0.2) is 22.3 Å². The molecule has 2 aliphatic rings. The molecule has 0 amide bonds. The fourth-order valence-corrected chi connectivity index (χ4v) is 4.05. The number of hydrogen-bond donors (Lipinski definition) is 1. The summed E-state index contributed by atoms with van der Waals surface area (Å²) in [6.45, 7) is 0.530. The number of aromatic nitrogens is 2. The van der Waals surface area contributed by atoms with Gasteiger partial charge in [0.2, 0.25) is 0 Å². The van der Waals surface area contributed by atoms with Crippen LogP contribution in [-0.2, 0) is 20.4 Å². The Kier molecular flexibility index (Phi) is 5.15. The van der Waals surface area contributed by atoms with Gasteiger partial charge in [-0.3, -0.25) is 18.6 Å². The van der Waals surface area contributed by atoms with Crippen molar-refractivity contribution in [3.05, 3.63) is 57.0 Å². The summed E-state index contributed by atoms with van der Waals surface area (Å²) in [4.78, 5) is 14.5. The van der Waals surface area contributed by atoms with Gasteiger partial charge in [0, 0.05) is 11.8 Å². The highest BCUT2D eigenvalue weighted by Crippen LogP contribution is 2.47. The number of aromatic amines is 1. The average molecular weight is 398 g/mol. The molecule has 1 fully saturated rings. The first-order valence-electron chi connectivity index (χ1n) is 8.08. The first-order chi connectivity index (χ1) is 12.6. The Bertz CT molecular complexity index is 920. The van der Waals surface area contributed by atoms with Crippen LogP contribution in [0.4, 0.5) is 4.39 Å². The maximum atomic E-state index is 13.2. The second-order valence-corrected chi connectivity index (χ2v) is 7.53. The van der Waals surface area contributed by atoms with E-state index in [1.54, 1.807) is 18.3 Å². The summed E-state index contributed by atoms with van der Waals surface area (Å²) in [7, 11) is -1.55. The standard InChI is InChI=1S/C16H16FN2O5PS/c17-11-1-3-13-10(7-11)8-21-25(24-13)22-9-12-2-4-15(23-12)19-6-5-14(26)18-16(19)20/h1,3,5-7,12,15H,2,4,8-9H2,(H,18,20,26). The van der Waals surface area contributed by atoms with Crippen molar-refractivity contribution in [2.45, 2.75) is 31.8 Å². The van der Waals surface area contributed by atoms with Gasteiger partial charge in [-0.05, 0) is 37.1 Å². The SMILES string of the molecule is O=c1[nH]c(=S)ccn1C1CCC(COP2OCc3cc(F)ccc3O2)O1. The van der Waals surface area contributed by atoms with Crippen LogP contribution in [0.1, 0.15) is 24.6 Å². The van der Waals surface area contributed by atoms with Crippen LogP contribution < -0.4 is 10.2 Å². The molecule has 26 heavy (non-hydrogen) atoms. The van der Waals surface area contributed by atoms with Crippen molar-refractivity contribution in [2.24, 2.45) is 0 Å². The van der Waals surface area contributed by atoms with Crippen LogP contribution in [0.2, 0.25) is 0 Å². The number of benzene rings is 1. The van der Waals surface area contributed by atoms with Gasteiger partial charge in [0.05, 0.1) is 19.3 Å². The van der Waals surface area contributed by atoms with Crippen molar-refractivity contribution in [1.82, 2.24) is 9.55 Å². The number of ether oxygens (including phenoxy) is 1. The zero-order valence-electron chi connectivity index (χ0n) is 13.6. The van der Waals surface area contributed by atoms with Crippen LogP contribution >= 0.6 is 20.8 Å². The average Bonchev–Trinajstić information content (AvgIpc) is 3.08. The van der Waals surface area contributed by atoms with Crippen LogP contribution in [0.15, 0.2) is 35.3 Å². The van der Waals surface area contributed by atoms with E-state index in [0.717, 1.165) is 6.42 Å². The highest BCUT2D eigenvalue weighted by atomic mass is 32.1. The predicted molar refractivity (Wildman–Crippen MR) is 93.7 cm³/mol. The van der Waals surface area contributed by atoms with Gasteiger partial charge in [-0.2, -0.15) is 0 Å². The molecule has 2 aromatic rings. The molecular formula is C16H16FN2O5PS. The summed E-state index contributed by atoms with van der Waals surface area (Å²) in [6, 6.07) is 5.94. The third-order valence-corrected chi connectivity index (χ3v) is 5.42. The summed E-state index contributed by atoms with van der Waals surface area (Å²) in [6.07, 6.45) is 2.55. The molecule has 1 N–H and O–H groups in total. The lowest BCUT2D eigenvalue weighted by atomic mass is 10.2. The van der Waals surface area contributed by atoms with E-state index in [0.29, 0.717) is 22.4 Å². The highest BCUT2D eigenvalue weighted by Gasteiger charge is 2.30. The van der Waals surface area contributed by atoms with Crippen molar-refractivity contribution in [3.63, 3.8) is 0 Å². The molecule has 1 aromatic carbocycles. The second kappa shape index (κ2) is 7.54. The topological polar surface area (TPSA) is 74.7 Å². The predicted octanol–water partition coefficient (Wildman–Crippen LogP) is 3.58. The van der Waals surface area contributed by atoms with E-state index >= 15 is 0 Å². The van der Waals surface area contributed by atoms with Crippen LogP contribution in [0.5, 0.6) is 5.75 Å². The summed E-state index contributed by atoms with van der Waals surface area (Å²) < 4.78 is 37.7. The number of nitrogens with one attached hydrogen (secondary N) is 1. The van der Waals surface area contributed by atoms with E-state index in [1.165, 1.54) is 16.7 Å². The van der Waals surface area contributed by atoms with Crippen LogP contribution in [0.25, 0.3) is 0 Å². The van der Waals surface area contributed by atoms with Gasteiger partial charge >= 0.3 is 14.3 Å². The molecule has 0 saturated carbocycles. The third kappa shape index (κ3) is 3.87. The molecule has 0 aliphatic carbocycles. The van der Waals surface area contributed by atoms with Crippen molar-refractivity contribution in [2.75, 3.05) is 6.61 Å². The first-order valence-corrected chi connectivity index (χ1v) is 9.58. The molecule has 3 heterocycles. The molecule has 1 aromatic heterocycles. The quantitative estimate of drug-likeness (QED) is 0.627. The minimum Gasteiger partial charge on any atom is -0.426 e. The molecule has 7 nitrogen and oxygen atoms in total. The summed E-state index contributed by atoms with van der Waals surface area (Å²) in [5, 5.41) is 0. The lowest BCUT2D eigenvalue weighted by molar-refractivity contribution is -0.0229. The monoisotopic (exact) mass is 398 g/mol. The molecule has 10 heteroatoms. The number of hydrogen-bond acceptors (Lipinski definition) is 6. The lowest BCUT2D eigenvalue weighted by Gasteiger charge is -2.24. The maximum Gasteiger partial charge on any atom is 0.397 e. The van der Waals surface area contributed by atoms with Gasteiger partial charge in [-0.1, -0.05) is 12.2 Å². The maximum absolute atomic E-state index is 13.2. The normalized spacial score (nSPS) is 24.9. The van der Waals surface area contributed by atoms with Gasteiger partial charge < -0.3 is 9.26 Å². The Morgan fingerprint density at radius 2 is 2.27 bits per heavy atom. The summed E-state index contributed by atoms with van der Waals surface area (Å²) in [5.74, 6) is 0.241. The Labute approximate surface area is 154 Å². The second-order valence-electron chi connectivity index (χ2n) is 5.94. The van der Waals surface area contributed by atoms with Gasteiger partial charge in [0.15, 0.2) is 0 Å². The largest absolute Gasteiger partial charge is 0.426 e. The molecular weight excluding hydrogens is 382 g/mol. The van der Waals surface area contributed by atoms with E-state index in [1.807, 2.05) is 0 Å². The van der Waals surface area contributed by atoms with E-state index in [-0.39, 0.29) is 37.1 Å². The molecule has 3 atom stereocenters. The summed E-state index contributed by atoms with van der Waals surface area (Å²) >= 11 is 4.93. The van der Waals surface area contributed by atoms with Gasteiger partial charge in [-0.25, -0.2) is 9.18 Å². The van der Waals surface area contributed by atoms with Gasteiger partial charge in [0.1, 0.15) is 22.4 Å². The van der Waals surface area contributed by atoms with Crippen LogP contribution in [0.3, 0.4) is 0 Å². The molecule has 4 rings (SSSR count). The van der Waals surface area contributed by atoms with E-state index < -0.39 is 8.60 Å². The zero-order chi connectivity index (χ0) is 18.1. The van der Waals surface area contributed by atoms with Crippen molar-refractivity contribution in [1.29, 1.82) is 0 Å². The Morgan fingerprint density at radius 3 is 3.12 bits per heavy atom. The van der Waals surface area contributed by atoms with Crippen LogP contribution in [0, 0.1) is 10.5 Å². The molecule has 0 spiro atoms. The van der Waals surface area contributed by atoms with Crippen molar-refractivity contribution in [3.8, 4) is 5.75 Å². The fourth-order valence-electron chi connectivity index (χ4n) is 2.85. The number of nitrogens with zero attached hydrogens (tertiary/aromatic N) is 1. The molecule has 0 radical (unpaired) electrons. The fraction of sp³-hybridized carbons (Fsp3) is 0.375. The van der Waals surface area contributed by atoms with Crippen molar-refractivity contribution < 1.29 is 22.7 Å². The molecule has 3 unspecified atom stereocenters. The van der Waals surface area contributed by atoms with Gasteiger partial charge in [-0.15, -0.1) is 0 Å². The number of halogens is 1. The molecule has 0 bridgehead atoms. The number of fused-ring (bicyclic) bond motifs is 1. The molecule has 138 valence electrons. The minimum absolute atomic E-state index is 0.167. The smallest absolute Gasteiger partial charge is 0.397 e. The Morgan fingerprint density at radius 1 is 1.38 bits per heavy atom. The molecule has 1 saturated heterocycles. The molecule has 2 aliphatic heterocycles. The van der Waals surface area contributed by atoms with E-state index in [4.69, 9.17) is 30.5 Å². The first kappa shape index (κ1) is 17.8. The van der Waals surface area contributed by atoms with E-state index in [9.17, 15) is 9.18 Å². The van der Waals surface area contributed by atoms with Gasteiger partial charge in [0.25, 0.3) is 0 Å². The lowest BCUT2D eigenvalue weighted by Crippen LogP contribution is -2.27. The highest BCUT2D eigenvalue weighted by molar-refractivity contribution is 7.71. The zero-order valence-corrected chi connectivity index (χ0v) is 15.3. The van der Waals surface area contributed by atoms with Crippen molar-refractivity contribution >= 4 is 20.8 Å². The Balaban J connectivity index is 1.32. The number of rotatable bonds is 4. The third-order valence-electron chi connectivity index (χ3n) is 4.13. The summed E-state index contributed by atoms with van der Waals surface area (Å²) in [5.41, 5.74) is 0.363. The van der Waals surface area contributed by atoms with E-state index in [2.05, 4.69) is 4.98 Å².